The summed E-state index contributed by atoms with van der Waals surface area (Å²) in [5.41, 5.74) is 0. The average Bonchev–Trinajstić information content (AvgIpc) is 2.72. The zero-order valence-electron chi connectivity index (χ0n) is 17.9. The van der Waals surface area contributed by atoms with E-state index in [0.29, 0.717) is 19.4 Å². The minimum atomic E-state index is -2.46. The molecule has 0 aromatic heterocycles. The van der Waals surface area contributed by atoms with Gasteiger partial charge in [0.1, 0.15) is 0 Å². The van der Waals surface area contributed by atoms with Gasteiger partial charge >= 0.3 is 0 Å². The van der Waals surface area contributed by atoms with Crippen LogP contribution in [0.2, 0.25) is 5.04 Å². The van der Waals surface area contributed by atoms with Crippen molar-refractivity contribution in [3.8, 4) is 23.7 Å². The number of aliphatic hydroxyl groups is 1. The van der Waals surface area contributed by atoms with Gasteiger partial charge in [-0.3, -0.25) is 0 Å². The van der Waals surface area contributed by atoms with E-state index < -0.39 is 8.32 Å². The van der Waals surface area contributed by atoms with Gasteiger partial charge in [0.15, 0.2) is 0 Å². The summed E-state index contributed by atoms with van der Waals surface area (Å²) >= 11 is 0. The molecule has 0 unspecified atom stereocenters. The number of rotatable bonds is 7. The van der Waals surface area contributed by atoms with Crippen LogP contribution in [0.1, 0.15) is 46.5 Å². The number of aliphatic hydroxyl groups excluding tert-OH is 1. The van der Waals surface area contributed by atoms with Crippen molar-refractivity contribution in [2.75, 3.05) is 13.2 Å². The summed E-state index contributed by atoms with van der Waals surface area (Å²) < 4.78 is 6.80. The van der Waals surface area contributed by atoms with E-state index in [1.165, 1.54) is 10.4 Å². The van der Waals surface area contributed by atoms with Crippen LogP contribution < -0.4 is 10.4 Å². The van der Waals surface area contributed by atoms with Crippen LogP contribution >= 0.6 is 0 Å². The van der Waals surface area contributed by atoms with E-state index in [9.17, 15) is 0 Å². The number of unbranched alkanes of at least 4 members (excludes halogenated alkanes) is 1. The average molecular weight is 405 g/mol. The van der Waals surface area contributed by atoms with Gasteiger partial charge in [-0.2, -0.15) is 0 Å². The Labute approximate surface area is 177 Å². The molecule has 0 bridgehead atoms. The third-order valence-corrected chi connectivity index (χ3v) is 9.89. The van der Waals surface area contributed by atoms with E-state index >= 15 is 0 Å². The molecule has 0 saturated heterocycles. The van der Waals surface area contributed by atoms with Crippen molar-refractivity contribution in [2.45, 2.75) is 51.5 Å². The Balaban J connectivity index is 2.16. The Hall–Kier alpha value is -2.30. The minimum Gasteiger partial charge on any atom is -0.406 e. The van der Waals surface area contributed by atoms with Crippen molar-refractivity contribution in [1.82, 2.24) is 0 Å². The lowest BCUT2D eigenvalue weighted by molar-refractivity contribution is 0.290. The fraction of sp³-hybridized carbons (Fsp3) is 0.385. The van der Waals surface area contributed by atoms with E-state index in [-0.39, 0.29) is 11.6 Å². The quantitative estimate of drug-likeness (QED) is 0.427. The Morgan fingerprint density at radius 3 is 1.79 bits per heavy atom. The summed E-state index contributed by atoms with van der Waals surface area (Å²) in [6.07, 6.45) is 2.73. The van der Waals surface area contributed by atoms with Crippen molar-refractivity contribution in [2.24, 2.45) is 0 Å². The van der Waals surface area contributed by atoms with Crippen molar-refractivity contribution in [3.63, 3.8) is 0 Å². The van der Waals surface area contributed by atoms with Gasteiger partial charge in [-0.15, -0.1) is 5.92 Å². The van der Waals surface area contributed by atoms with Crippen LogP contribution in [0.3, 0.4) is 0 Å². The minimum absolute atomic E-state index is 0.0126. The number of benzene rings is 2. The Morgan fingerprint density at radius 2 is 1.31 bits per heavy atom. The van der Waals surface area contributed by atoms with Crippen LogP contribution in [0.25, 0.3) is 0 Å². The summed E-state index contributed by atoms with van der Waals surface area (Å²) in [5.74, 6) is 12.4. The first kappa shape index (κ1) is 23.0. The SMILES string of the molecule is CC(C)(C)[Si](OCCC#CCC#CCCCO)(c1ccccc1)c1ccccc1. The van der Waals surface area contributed by atoms with E-state index in [1.807, 2.05) is 0 Å². The van der Waals surface area contributed by atoms with Gasteiger partial charge in [-0.25, -0.2) is 0 Å². The molecule has 2 rings (SSSR count). The Bertz CT molecular complexity index is 807. The van der Waals surface area contributed by atoms with Crippen molar-refractivity contribution >= 4 is 18.7 Å². The van der Waals surface area contributed by atoms with Gasteiger partial charge in [0.2, 0.25) is 0 Å². The lowest BCUT2D eigenvalue weighted by Crippen LogP contribution is -2.66. The molecule has 0 heterocycles. The molecule has 2 nitrogen and oxygen atoms in total. The van der Waals surface area contributed by atoms with E-state index in [1.54, 1.807) is 0 Å². The van der Waals surface area contributed by atoms with Gasteiger partial charge in [0, 0.05) is 26.1 Å². The molecule has 2 aromatic carbocycles. The van der Waals surface area contributed by atoms with Crippen LogP contribution in [-0.2, 0) is 4.43 Å². The van der Waals surface area contributed by atoms with Crippen LogP contribution in [0.4, 0.5) is 0 Å². The van der Waals surface area contributed by atoms with Gasteiger partial charge in [-0.1, -0.05) is 99.2 Å². The van der Waals surface area contributed by atoms with Gasteiger partial charge < -0.3 is 9.53 Å². The molecule has 0 fully saturated rings. The summed E-state index contributed by atoms with van der Waals surface area (Å²) in [7, 11) is -2.46. The third-order valence-electron chi connectivity index (χ3n) is 4.85. The molecule has 0 aliphatic rings. The Morgan fingerprint density at radius 1 is 0.793 bits per heavy atom. The smallest absolute Gasteiger partial charge is 0.261 e. The van der Waals surface area contributed by atoms with E-state index in [4.69, 9.17) is 9.53 Å². The molecule has 0 atom stereocenters. The predicted octanol–water partition coefficient (Wildman–Crippen LogP) is 4.12. The normalized spacial score (nSPS) is 11.2. The largest absolute Gasteiger partial charge is 0.406 e. The van der Waals surface area contributed by atoms with Gasteiger partial charge in [-0.05, 0) is 21.8 Å². The molecule has 0 spiro atoms. The number of hydrogen-bond donors (Lipinski definition) is 1. The molecule has 29 heavy (non-hydrogen) atoms. The topological polar surface area (TPSA) is 29.5 Å². The third kappa shape index (κ3) is 6.34. The highest BCUT2D eigenvalue weighted by molar-refractivity contribution is 6.99. The molecule has 0 aliphatic heterocycles. The molecular formula is C26H32O2Si. The molecule has 0 radical (unpaired) electrons. The number of hydrogen-bond acceptors (Lipinski definition) is 2. The first-order chi connectivity index (χ1) is 14.0. The summed E-state index contributed by atoms with van der Waals surface area (Å²) in [6.45, 7) is 7.66. The molecule has 152 valence electrons. The fourth-order valence-corrected chi connectivity index (χ4v) is 8.09. The molecule has 3 heteroatoms. The maximum Gasteiger partial charge on any atom is 0.261 e. The van der Waals surface area contributed by atoms with Crippen LogP contribution in [-0.4, -0.2) is 26.6 Å². The van der Waals surface area contributed by atoms with Crippen molar-refractivity contribution < 1.29 is 9.53 Å². The first-order valence-corrected chi connectivity index (χ1v) is 12.2. The van der Waals surface area contributed by atoms with Gasteiger partial charge in [0.05, 0.1) is 6.42 Å². The van der Waals surface area contributed by atoms with Crippen LogP contribution in [0.15, 0.2) is 60.7 Å². The summed E-state index contributed by atoms with van der Waals surface area (Å²) in [6, 6.07) is 21.4. The lowest BCUT2D eigenvalue weighted by Gasteiger charge is -2.43. The second kappa shape index (κ2) is 11.6. The summed E-state index contributed by atoms with van der Waals surface area (Å²) in [5, 5.41) is 11.3. The first-order valence-electron chi connectivity index (χ1n) is 10.3. The molecule has 0 saturated carbocycles. The molecule has 0 amide bonds. The monoisotopic (exact) mass is 404 g/mol. The van der Waals surface area contributed by atoms with Gasteiger partial charge in [0.25, 0.3) is 8.32 Å². The molecule has 0 aliphatic carbocycles. The zero-order valence-corrected chi connectivity index (χ0v) is 18.9. The van der Waals surface area contributed by atoms with Crippen molar-refractivity contribution in [3.05, 3.63) is 60.7 Å². The molecule has 2 aromatic rings. The van der Waals surface area contributed by atoms with Crippen molar-refractivity contribution in [1.29, 1.82) is 0 Å². The second-order valence-corrected chi connectivity index (χ2v) is 12.3. The maximum absolute atomic E-state index is 8.75. The lowest BCUT2D eigenvalue weighted by atomic mass is 10.2. The highest BCUT2D eigenvalue weighted by Gasteiger charge is 2.49. The molecular weight excluding hydrogens is 372 g/mol. The fourth-order valence-electron chi connectivity index (χ4n) is 3.53. The second-order valence-electron chi connectivity index (χ2n) is 7.97. The highest BCUT2D eigenvalue weighted by atomic mass is 28.4. The predicted molar refractivity (Wildman–Crippen MR) is 125 cm³/mol. The maximum atomic E-state index is 8.75. The zero-order chi connectivity index (χ0) is 21.0. The standard InChI is InChI=1S/C26H32O2Si/c1-26(2,3)29(24-18-12-10-13-19-24,25-20-14-11-15-21-25)28-23-17-9-7-5-4-6-8-16-22-27/h10-15,18-21,27H,5,8,16-17,22-23H2,1-3H3. The summed E-state index contributed by atoms with van der Waals surface area (Å²) in [4.78, 5) is 0. The van der Waals surface area contributed by atoms with Crippen LogP contribution in [0, 0.1) is 23.7 Å². The van der Waals surface area contributed by atoms with E-state index in [0.717, 1.165) is 12.8 Å². The highest BCUT2D eigenvalue weighted by Crippen LogP contribution is 2.36. The molecule has 1 N–H and O–H groups in total. The Kier molecular flexibility index (Phi) is 9.22. The van der Waals surface area contributed by atoms with Crippen LogP contribution in [0.5, 0.6) is 0 Å². The van der Waals surface area contributed by atoms with E-state index in [2.05, 4.69) is 105 Å².